The molecule has 0 aliphatic carbocycles. The minimum atomic E-state index is 0.0820. The predicted molar refractivity (Wildman–Crippen MR) is 44.0 cm³/mol. The molecular formula is C8H5BrNO. The number of aromatic hydroxyl groups is 1. The van der Waals surface area contributed by atoms with Crippen LogP contribution in [-0.2, 0) is 6.42 Å². The maximum Gasteiger partial charge on any atom is 0.124 e. The zero-order chi connectivity index (χ0) is 8.27. The summed E-state index contributed by atoms with van der Waals surface area (Å²) in [6, 6.07) is 7.73. The van der Waals surface area contributed by atoms with Gasteiger partial charge >= 0.3 is 0 Å². The van der Waals surface area contributed by atoms with E-state index in [-0.39, 0.29) is 5.75 Å². The number of benzene rings is 1. The molecule has 1 aromatic carbocycles. The lowest BCUT2D eigenvalue weighted by atomic mass is 10.2. The third-order valence-corrected chi connectivity index (χ3v) is 1.97. The van der Waals surface area contributed by atoms with Crippen LogP contribution in [0.2, 0.25) is 0 Å². The van der Waals surface area contributed by atoms with Crippen LogP contribution >= 0.6 is 15.9 Å². The van der Waals surface area contributed by atoms with Crippen molar-refractivity contribution in [3.05, 3.63) is 28.2 Å². The smallest absolute Gasteiger partial charge is 0.124 e. The molecule has 1 N–H and O–H groups in total. The molecule has 0 atom stereocenters. The van der Waals surface area contributed by atoms with E-state index in [4.69, 9.17) is 10.4 Å². The van der Waals surface area contributed by atoms with Crippen molar-refractivity contribution in [1.29, 1.82) is 5.26 Å². The average Bonchev–Trinajstić information content (AvgIpc) is 1.95. The monoisotopic (exact) mass is 210 g/mol. The summed E-state index contributed by atoms with van der Waals surface area (Å²) in [5.74, 6) is 0.0820. The van der Waals surface area contributed by atoms with Gasteiger partial charge in [0.1, 0.15) is 5.75 Å². The quantitative estimate of drug-likeness (QED) is 0.772. The summed E-state index contributed by atoms with van der Waals surface area (Å²) in [7, 11) is 0. The molecule has 0 aliphatic heterocycles. The highest BCUT2D eigenvalue weighted by molar-refractivity contribution is 9.10. The van der Waals surface area contributed by atoms with E-state index in [1.165, 1.54) is 6.07 Å². The molecule has 11 heavy (non-hydrogen) atoms. The average molecular weight is 211 g/mol. The Morgan fingerprint density at radius 3 is 3.00 bits per heavy atom. The molecule has 1 rings (SSSR count). The molecule has 0 heterocycles. The van der Waals surface area contributed by atoms with Crippen molar-refractivity contribution in [3.8, 4) is 11.8 Å². The first-order chi connectivity index (χ1) is 5.24. The largest absolute Gasteiger partial charge is 0.507 e. The Kier molecular flexibility index (Phi) is 2.50. The van der Waals surface area contributed by atoms with E-state index in [0.717, 1.165) is 10.0 Å². The Morgan fingerprint density at radius 2 is 2.45 bits per heavy atom. The second kappa shape index (κ2) is 3.40. The molecule has 0 amide bonds. The van der Waals surface area contributed by atoms with Crippen LogP contribution in [0, 0.1) is 17.4 Å². The molecule has 0 fully saturated rings. The fourth-order valence-electron chi connectivity index (χ4n) is 0.705. The molecular weight excluding hydrogens is 206 g/mol. The Labute approximate surface area is 73.2 Å². The first-order valence-electron chi connectivity index (χ1n) is 3.00. The molecule has 2 nitrogen and oxygen atoms in total. The predicted octanol–water partition coefficient (Wildman–Crippen LogP) is 2.02. The Hall–Kier alpha value is -1.01. The first-order valence-corrected chi connectivity index (χ1v) is 3.79. The summed E-state index contributed by atoms with van der Waals surface area (Å²) < 4.78 is 0.746. The maximum atomic E-state index is 8.94. The van der Waals surface area contributed by atoms with Crippen molar-refractivity contribution >= 4 is 15.9 Å². The first kappa shape index (κ1) is 8.09. The van der Waals surface area contributed by atoms with Crippen LogP contribution in [0.4, 0.5) is 0 Å². The fourth-order valence-corrected chi connectivity index (χ4v) is 1.18. The summed E-state index contributed by atoms with van der Waals surface area (Å²) >= 11 is 3.22. The third kappa shape index (κ3) is 1.95. The second-order valence-electron chi connectivity index (χ2n) is 2.03. The number of halogens is 1. The van der Waals surface area contributed by atoms with Gasteiger partial charge in [0.2, 0.25) is 0 Å². The third-order valence-electron chi connectivity index (χ3n) is 1.23. The summed E-state index contributed by atoms with van der Waals surface area (Å²) in [6.45, 7) is 0. The van der Waals surface area contributed by atoms with Gasteiger partial charge in [-0.2, -0.15) is 5.26 Å². The highest BCUT2D eigenvalue weighted by atomic mass is 79.9. The minimum Gasteiger partial charge on any atom is -0.507 e. The number of nitrogens with zero attached hydrogens (tertiary/aromatic N) is 1. The van der Waals surface area contributed by atoms with Crippen molar-refractivity contribution in [2.45, 2.75) is 6.42 Å². The lowest BCUT2D eigenvalue weighted by Gasteiger charge is -1.98. The van der Waals surface area contributed by atoms with Crippen LogP contribution in [0.1, 0.15) is 5.56 Å². The molecule has 1 radical (unpaired) electrons. The van der Waals surface area contributed by atoms with E-state index in [0.29, 0.717) is 6.42 Å². The number of hydrogen-bond donors (Lipinski definition) is 1. The molecule has 0 unspecified atom stereocenters. The molecule has 0 saturated carbocycles. The van der Waals surface area contributed by atoms with Gasteiger partial charge in [-0.25, -0.2) is 0 Å². The van der Waals surface area contributed by atoms with Crippen molar-refractivity contribution in [3.63, 3.8) is 0 Å². The standard InChI is InChI=1S/C8H5BrNO/c9-8-5-7(11)2-1-6(8)3-4-10/h1,5,11H,3H2. The lowest BCUT2D eigenvalue weighted by molar-refractivity contribution is 0.473. The number of phenols is 1. The molecule has 0 saturated heterocycles. The Balaban J connectivity index is 3.01. The Bertz CT molecular complexity index is 303. The highest BCUT2D eigenvalue weighted by Crippen LogP contribution is 2.21. The van der Waals surface area contributed by atoms with Gasteiger partial charge in [-0.3, -0.25) is 0 Å². The summed E-state index contributed by atoms with van der Waals surface area (Å²) in [4.78, 5) is 0. The maximum absolute atomic E-state index is 8.94. The lowest BCUT2D eigenvalue weighted by Crippen LogP contribution is -1.82. The topological polar surface area (TPSA) is 44.0 Å². The normalized spacial score (nSPS) is 9.09. The highest BCUT2D eigenvalue weighted by Gasteiger charge is 1.99. The van der Waals surface area contributed by atoms with E-state index < -0.39 is 0 Å². The number of phenolic OH excluding ortho intramolecular Hbond substituents is 1. The second-order valence-corrected chi connectivity index (χ2v) is 2.88. The molecule has 3 heteroatoms. The van der Waals surface area contributed by atoms with Gasteiger partial charge in [0.15, 0.2) is 0 Å². The van der Waals surface area contributed by atoms with Crippen molar-refractivity contribution in [1.82, 2.24) is 0 Å². The summed E-state index contributed by atoms with van der Waals surface area (Å²) in [5, 5.41) is 17.3. The van der Waals surface area contributed by atoms with E-state index >= 15 is 0 Å². The van der Waals surface area contributed by atoms with Crippen LogP contribution in [0.3, 0.4) is 0 Å². The minimum absolute atomic E-state index is 0.0820. The van der Waals surface area contributed by atoms with E-state index in [1.807, 2.05) is 6.07 Å². The van der Waals surface area contributed by atoms with Crippen molar-refractivity contribution in [2.75, 3.05) is 0 Å². The van der Waals surface area contributed by atoms with Crippen LogP contribution in [0.15, 0.2) is 16.6 Å². The van der Waals surface area contributed by atoms with Gasteiger partial charge in [0.05, 0.1) is 12.5 Å². The number of nitriles is 1. The molecule has 0 bridgehead atoms. The van der Waals surface area contributed by atoms with E-state index in [2.05, 4.69) is 22.0 Å². The van der Waals surface area contributed by atoms with E-state index in [9.17, 15) is 0 Å². The van der Waals surface area contributed by atoms with Crippen molar-refractivity contribution in [2.24, 2.45) is 0 Å². The molecule has 1 aromatic rings. The summed E-state index contributed by atoms with van der Waals surface area (Å²) in [6.07, 6.45) is 0.331. The van der Waals surface area contributed by atoms with Crippen molar-refractivity contribution < 1.29 is 5.11 Å². The van der Waals surface area contributed by atoms with Gasteiger partial charge in [-0.1, -0.05) is 15.9 Å². The van der Waals surface area contributed by atoms with Gasteiger partial charge in [-0.15, -0.1) is 0 Å². The molecule has 55 valence electrons. The zero-order valence-corrected chi connectivity index (χ0v) is 7.22. The summed E-state index contributed by atoms with van der Waals surface area (Å²) in [5.41, 5.74) is 0.838. The van der Waals surface area contributed by atoms with Gasteiger partial charge in [0.25, 0.3) is 0 Å². The fraction of sp³-hybridized carbons (Fsp3) is 0.125. The van der Waals surface area contributed by atoms with Crippen LogP contribution in [-0.4, -0.2) is 5.11 Å². The Morgan fingerprint density at radius 1 is 1.73 bits per heavy atom. The van der Waals surface area contributed by atoms with Gasteiger partial charge in [0, 0.05) is 10.5 Å². The number of rotatable bonds is 1. The molecule has 0 aliphatic rings. The SMILES string of the molecule is N#CCc1c[c]c(O)cc1Br. The molecule has 0 spiro atoms. The van der Waals surface area contributed by atoms with Gasteiger partial charge in [-0.05, 0) is 17.7 Å². The molecule has 0 aromatic heterocycles. The van der Waals surface area contributed by atoms with Crippen LogP contribution in [0.5, 0.6) is 5.75 Å². The van der Waals surface area contributed by atoms with Crippen LogP contribution in [0.25, 0.3) is 0 Å². The van der Waals surface area contributed by atoms with Gasteiger partial charge < -0.3 is 5.11 Å². The van der Waals surface area contributed by atoms with Crippen LogP contribution < -0.4 is 0 Å². The number of hydrogen-bond acceptors (Lipinski definition) is 2. The van der Waals surface area contributed by atoms with E-state index in [1.54, 1.807) is 6.07 Å². The zero-order valence-electron chi connectivity index (χ0n) is 5.63.